The predicted molar refractivity (Wildman–Crippen MR) is 185 cm³/mol. The van der Waals surface area contributed by atoms with Crippen LogP contribution in [0.15, 0.2) is 30.5 Å². The van der Waals surface area contributed by atoms with Gasteiger partial charge in [-0.05, 0) is 50.5 Å². The van der Waals surface area contributed by atoms with Gasteiger partial charge in [-0.2, -0.15) is 0 Å². The third-order valence-corrected chi connectivity index (χ3v) is 10.0. The molecular weight excluding hydrogens is 634 g/mol. The molecule has 3 heterocycles. The van der Waals surface area contributed by atoms with Gasteiger partial charge in [0.2, 0.25) is 17.7 Å². The van der Waals surface area contributed by atoms with Crippen molar-refractivity contribution in [1.29, 1.82) is 0 Å². The SMILES string of the molecule is CCC(=O)CCCCC[C@@H]1NC(=O)C2CCCCN2C(=O)[C@H](C(C)CC)NC(=O)C(C(=O)c2cn(CCCCl)c3ccccc23)NC1=O. The van der Waals surface area contributed by atoms with Gasteiger partial charge in [0, 0.05) is 54.5 Å². The molecule has 2 saturated heterocycles. The van der Waals surface area contributed by atoms with Crippen LogP contribution in [0.1, 0.15) is 102 Å². The second-order valence-electron chi connectivity index (χ2n) is 13.1. The molecule has 12 heteroatoms. The summed E-state index contributed by atoms with van der Waals surface area (Å²) < 4.78 is 1.91. The van der Waals surface area contributed by atoms with Crippen LogP contribution in [0.4, 0.5) is 0 Å². The van der Waals surface area contributed by atoms with Gasteiger partial charge in [-0.15, -0.1) is 11.6 Å². The molecule has 262 valence electrons. The Kier molecular flexibility index (Phi) is 13.6. The molecule has 1 aromatic heterocycles. The highest BCUT2D eigenvalue weighted by molar-refractivity contribution is 6.20. The van der Waals surface area contributed by atoms with Gasteiger partial charge in [-0.25, -0.2) is 0 Å². The monoisotopic (exact) mass is 683 g/mol. The fourth-order valence-corrected chi connectivity index (χ4v) is 6.75. The van der Waals surface area contributed by atoms with Crippen molar-refractivity contribution in [3.05, 3.63) is 36.0 Å². The fourth-order valence-electron chi connectivity index (χ4n) is 6.63. The summed E-state index contributed by atoms with van der Waals surface area (Å²) >= 11 is 5.96. The minimum atomic E-state index is -1.65. The lowest BCUT2D eigenvalue weighted by molar-refractivity contribution is -0.147. The number of aromatic nitrogens is 1. The van der Waals surface area contributed by atoms with E-state index in [9.17, 15) is 28.8 Å². The summed E-state index contributed by atoms with van der Waals surface area (Å²) in [5.74, 6) is -2.54. The maximum atomic E-state index is 14.4. The smallest absolute Gasteiger partial charge is 0.251 e. The molecule has 0 saturated carbocycles. The molecule has 4 rings (SSSR count). The molecule has 11 nitrogen and oxygen atoms in total. The first kappa shape index (κ1) is 37.1. The van der Waals surface area contributed by atoms with Crippen molar-refractivity contribution in [2.24, 2.45) is 5.92 Å². The number of unbranched alkanes of at least 4 members (excludes halogenated alkanes) is 2. The molecule has 5 atom stereocenters. The van der Waals surface area contributed by atoms with Gasteiger partial charge < -0.3 is 25.4 Å². The first-order valence-electron chi connectivity index (χ1n) is 17.5. The summed E-state index contributed by atoms with van der Waals surface area (Å²) in [7, 11) is 0. The molecule has 3 N–H and O–H groups in total. The molecule has 2 aromatic rings. The van der Waals surface area contributed by atoms with Crippen molar-refractivity contribution >= 4 is 57.7 Å². The molecule has 4 amide bonds. The lowest BCUT2D eigenvalue weighted by Gasteiger charge is -2.39. The Labute approximate surface area is 287 Å². The molecule has 2 fully saturated rings. The van der Waals surface area contributed by atoms with Crippen LogP contribution in [0.2, 0.25) is 0 Å². The summed E-state index contributed by atoms with van der Waals surface area (Å²) in [6, 6.07) is 2.88. The Bertz CT molecular complexity index is 1490. The third kappa shape index (κ3) is 8.84. The largest absolute Gasteiger partial charge is 0.347 e. The van der Waals surface area contributed by atoms with Gasteiger partial charge in [-0.3, -0.25) is 28.8 Å². The van der Waals surface area contributed by atoms with Crippen molar-refractivity contribution < 1.29 is 28.8 Å². The van der Waals surface area contributed by atoms with Crippen LogP contribution in [0.25, 0.3) is 10.9 Å². The van der Waals surface area contributed by atoms with E-state index >= 15 is 0 Å². The van der Waals surface area contributed by atoms with Gasteiger partial charge in [0.1, 0.15) is 23.9 Å². The number of alkyl halides is 1. The standard InChI is InChI=1S/C36H50ClN5O6/c1-4-23(3)30-36(48)42-21-12-11-18-29(42)34(46)38-27(16-8-6-7-14-24(43)5-2)33(45)40-31(35(47)39-30)32(44)26-22-41(20-13-19-37)28-17-10-9-15-25(26)28/h9-10,15,17,22-23,27,29-31H,4-8,11-14,16,18-21H2,1-3H3,(H,38,46)(H,39,47)(H,40,45)/t23?,27-,29?,30-,31?/m0/s1. The van der Waals surface area contributed by atoms with Gasteiger partial charge in [0.25, 0.3) is 5.91 Å². The number of ketones is 2. The highest BCUT2D eigenvalue weighted by Crippen LogP contribution is 2.25. The summed E-state index contributed by atoms with van der Waals surface area (Å²) in [4.78, 5) is 83.7. The molecule has 0 radical (unpaired) electrons. The van der Waals surface area contributed by atoms with E-state index in [4.69, 9.17) is 11.6 Å². The molecule has 0 spiro atoms. The van der Waals surface area contributed by atoms with E-state index in [1.165, 1.54) is 4.90 Å². The first-order valence-corrected chi connectivity index (χ1v) is 18.1. The van der Waals surface area contributed by atoms with Crippen molar-refractivity contribution in [2.45, 2.75) is 122 Å². The summed E-state index contributed by atoms with van der Waals surface area (Å²) in [6.07, 6.45) is 7.85. The lowest BCUT2D eigenvalue weighted by Crippen LogP contribution is -2.65. The average Bonchev–Trinajstić information content (AvgIpc) is 3.48. The molecule has 2 aliphatic heterocycles. The van der Waals surface area contributed by atoms with Crippen LogP contribution in [-0.4, -0.2) is 81.3 Å². The lowest BCUT2D eigenvalue weighted by atomic mass is 9.93. The zero-order valence-electron chi connectivity index (χ0n) is 28.4. The van der Waals surface area contributed by atoms with E-state index in [1.807, 2.05) is 37.5 Å². The van der Waals surface area contributed by atoms with E-state index < -0.39 is 47.7 Å². The number of nitrogens with one attached hydrogen (secondary N) is 3. The van der Waals surface area contributed by atoms with Gasteiger partial charge >= 0.3 is 0 Å². The van der Waals surface area contributed by atoms with Crippen LogP contribution < -0.4 is 16.0 Å². The second-order valence-corrected chi connectivity index (χ2v) is 13.4. The van der Waals surface area contributed by atoms with Crippen molar-refractivity contribution in [1.82, 2.24) is 25.4 Å². The zero-order valence-corrected chi connectivity index (χ0v) is 29.2. The third-order valence-electron chi connectivity index (χ3n) is 9.74. The highest BCUT2D eigenvalue weighted by Gasteiger charge is 2.42. The second kappa shape index (κ2) is 17.6. The summed E-state index contributed by atoms with van der Waals surface area (Å²) in [5, 5.41) is 9.01. The van der Waals surface area contributed by atoms with Crippen LogP contribution in [-0.2, 0) is 30.5 Å². The topological polar surface area (TPSA) is 147 Å². The number of nitrogens with zero attached hydrogens (tertiary/aromatic N) is 2. The Hall–Kier alpha value is -3.73. The number of hydrogen-bond donors (Lipinski definition) is 3. The minimum absolute atomic E-state index is 0.168. The highest BCUT2D eigenvalue weighted by atomic mass is 35.5. The van der Waals surface area contributed by atoms with Gasteiger partial charge in [-0.1, -0.05) is 58.2 Å². The number of amides is 4. The number of benzene rings is 1. The number of hydrogen-bond acceptors (Lipinski definition) is 6. The molecule has 48 heavy (non-hydrogen) atoms. The molecule has 2 aliphatic rings. The fraction of sp³-hybridized carbons (Fsp3) is 0.611. The van der Waals surface area contributed by atoms with Gasteiger partial charge in [0.15, 0.2) is 11.8 Å². The average molecular weight is 684 g/mol. The molecule has 3 unspecified atom stereocenters. The number of carbonyl (C=O) groups excluding carboxylic acids is 6. The summed E-state index contributed by atoms with van der Waals surface area (Å²) in [6.45, 7) is 6.48. The van der Waals surface area contributed by atoms with Crippen LogP contribution in [0.3, 0.4) is 0 Å². The Morgan fingerprint density at radius 1 is 0.938 bits per heavy atom. The van der Waals surface area contributed by atoms with Crippen LogP contribution in [0, 0.1) is 5.92 Å². The quantitative estimate of drug-likeness (QED) is 0.117. The van der Waals surface area contributed by atoms with E-state index in [2.05, 4.69) is 16.0 Å². The number of rotatable bonds is 14. The predicted octanol–water partition coefficient (Wildman–Crippen LogP) is 4.28. The number of aryl methyl sites for hydroxylation is 1. The number of fused-ring (bicyclic) bond motifs is 2. The van der Waals surface area contributed by atoms with Gasteiger partial charge in [0.05, 0.1) is 0 Å². The van der Waals surface area contributed by atoms with Crippen molar-refractivity contribution in [2.75, 3.05) is 12.4 Å². The molecular formula is C36H50ClN5O6. The Morgan fingerprint density at radius 2 is 1.71 bits per heavy atom. The van der Waals surface area contributed by atoms with E-state index in [0.717, 1.165) is 11.9 Å². The molecule has 0 aliphatic carbocycles. The number of halogens is 1. The number of piperidine rings is 1. The van der Waals surface area contributed by atoms with Crippen LogP contribution in [0.5, 0.6) is 0 Å². The number of para-hydroxylation sites is 1. The van der Waals surface area contributed by atoms with E-state index in [1.54, 1.807) is 18.3 Å². The van der Waals surface area contributed by atoms with Crippen molar-refractivity contribution in [3.63, 3.8) is 0 Å². The Balaban J connectivity index is 1.72. The first-order chi connectivity index (χ1) is 23.1. The minimum Gasteiger partial charge on any atom is -0.347 e. The van der Waals surface area contributed by atoms with Crippen LogP contribution >= 0.6 is 11.6 Å². The normalized spacial score (nSPS) is 23.0. The summed E-state index contributed by atoms with van der Waals surface area (Å²) in [5.41, 5.74) is 1.05. The number of carbonyl (C=O) groups is 6. The number of Topliss-reactive ketones (excluding diaryl/α,β-unsaturated/α-hetero) is 2. The van der Waals surface area contributed by atoms with Crippen molar-refractivity contribution in [3.8, 4) is 0 Å². The zero-order chi connectivity index (χ0) is 34.8. The molecule has 0 bridgehead atoms. The molecule has 1 aromatic carbocycles. The maximum Gasteiger partial charge on any atom is 0.251 e. The van der Waals surface area contributed by atoms with E-state index in [0.29, 0.717) is 82.1 Å². The maximum absolute atomic E-state index is 14.4. The van der Waals surface area contributed by atoms with E-state index in [-0.39, 0.29) is 29.6 Å². The Morgan fingerprint density at radius 3 is 2.44 bits per heavy atom.